The van der Waals surface area contributed by atoms with Crippen molar-refractivity contribution >= 4 is 11.8 Å². The van der Waals surface area contributed by atoms with Gasteiger partial charge in [-0.15, -0.1) is 0 Å². The van der Waals surface area contributed by atoms with E-state index in [1.165, 1.54) is 11.8 Å². The topological polar surface area (TPSA) is 75.1 Å². The lowest BCUT2D eigenvalue weighted by atomic mass is 10.0. The molecular formula is C21H27N3O4. The first kappa shape index (κ1) is 20.3. The minimum atomic E-state index is -0.972. The maximum absolute atomic E-state index is 11.1. The molecule has 0 aliphatic carbocycles. The van der Waals surface area contributed by atoms with Crippen LogP contribution < -0.4 is 4.90 Å². The highest BCUT2D eigenvalue weighted by atomic mass is 16.7. The maximum Gasteiger partial charge on any atom is 0.337 e. The first-order valence-electron chi connectivity index (χ1n) is 9.38. The second-order valence-electron chi connectivity index (χ2n) is 6.99. The molecule has 0 spiro atoms. The van der Waals surface area contributed by atoms with Crippen LogP contribution >= 0.6 is 0 Å². The van der Waals surface area contributed by atoms with Crippen LogP contribution in [0.3, 0.4) is 0 Å². The van der Waals surface area contributed by atoms with E-state index in [9.17, 15) is 4.79 Å². The number of likely N-dealkylation sites (N-methyl/N-ethyl adjacent to an activating group) is 1. The molecule has 7 heteroatoms. The van der Waals surface area contributed by atoms with E-state index in [-0.39, 0.29) is 17.7 Å². The molecule has 3 rings (SSSR count). The Morgan fingerprint density at radius 3 is 2.75 bits per heavy atom. The normalized spacial score (nSPS) is 18.1. The molecule has 150 valence electrons. The molecule has 0 saturated carbocycles. The molecule has 1 aliphatic heterocycles. The molecule has 1 aromatic heterocycles. The highest BCUT2D eigenvalue weighted by Gasteiger charge is 2.28. The summed E-state index contributed by atoms with van der Waals surface area (Å²) < 4.78 is 10.7. The molecule has 1 N–H and O–H groups in total. The fourth-order valence-corrected chi connectivity index (χ4v) is 3.52. The van der Waals surface area contributed by atoms with Crippen LogP contribution in [0.15, 0.2) is 48.7 Å². The predicted octanol–water partition coefficient (Wildman–Crippen LogP) is 2.65. The van der Waals surface area contributed by atoms with Crippen molar-refractivity contribution in [3.63, 3.8) is 0 Å². The number of aromatic carboxylic acids is 1. The quantitative estimate of drug-likeness (QED) is 0.665. The molecule has 1 aromatic carbocycles. The Kier molecular flexibility index (Phi) is 6.97. The summed E-state index contributed by atoms with van der Waals surface area (Å²) in [6.45, 7) is 2.99. The summed E-state index contributed by atoms with van der Waals surface area (Å²) in [6.07, 6.45) is 2.58. The summed E-state index contributed by atoms with van der Waals surface area (Å²) >= 11 is 0. The molecule has 2 atom stereocenters. The van der Waals surface area contributed by atoms with Crippen molar-refractivity contribution in [1.29, 1.82) is 0 Å². The Balaban J connectivity index is 1.75. The van der Waals surface area contributed by atoms with Gasteiger partial charge in [0.25, 0.3) is 0 Å². The number of pyridine rings is 1. The molecule has 2 heterocycles. The minimum absolute atomic E-state index is 0.0885. The van der Waals surface area contributed by atoms with Crippen LogP contribution in [0, 0.1) is 0 Å². The van der Waals surface area contributed by atoms with E-state index >= 15 is 0 Å². The van der Waals surface area contributed by atoms with Gasteiger partial charge in [-0.1, -0.05) is 30.3 Å². The average Bonchev–Trinajstić information content (AvgIpc) is 3.18. The smallest absolute Gasteiger partial charge is 0.337 e. The number of rotatable bonds is 9. The molecule has 1 aliphatic rings. The van der Waals surface area contributed by atoms with Gasteiger partial charge in [-0.2, -0.15) is 0 Å². The summed E-state index contributed by atoms with van der Waals surface area (Å²) in [4.78, 5) is 19.9. The third-order valence-corrected chi connectivity index (χ3v) is 5.09. The van der Waals surface area contributed by atoms with Gasteiger partial charge in [-0.3, -0.25) is 4.90 Å². The van der Waals surface area contributed by atoms with Crippen LogP contribution in [0.5, 0.6) is 0 Å². The number of anilines is 1. The molecule has 0 amide bonds. The molecule has 1 saturated heterocycles. The molecular weight excluding hydrogens is 358 g/mol. The van der Waals surface area contributed by atoms with E-state index in [2.05, 4.69) is 26.9 Å². The van der Waals surface area contributed by atoms with E-state index in [0.29, 0.717) is 6.79 Å². The number of carbonyl (C=O) groups is 1. The summed E-state index contributed by atoms with van der Waals surface area (Å²) in [7, 11) is 3.63. The van der Waals surface area contributed by atoms with Crippen molar-refractivity contribution in [2.24, 2.45) is 0 Å². The summed E-state index contributed by atoms with van der Waals surface area (Å²) in [6, 6.07) is 13.7. The van der Waals surface area contributed by atoms with Gasteiger partial charge in [-0.25, -0.2) is 9.78 Å². The fourth-order valence-electron chi connectivity index (χ4n) is 3.52. The van der Waals surface area contributed by atoms with Crippen LogP contribution in [0.4, 0.5) is 5.82 Å². The largest absolute Gasteiger partial charge is 0.478 e. The second kappa shape index (κ2) is 9.64. The highest BCUT2D eigenvalue weighted by Crippen LogP contribution is 2.27. The van der Waals surface area contributed by atoms with Gasteiger partial charge in [0, 0.05) is 40.0 Å². The van der Waals surface area contributed by atoms with Crippen molar-refractivity contribution in [1.82, 2.24) is 9.88 Å². The van der Waals surface area contributed by atoms with Crippen molar-refractivity contribution in [3.8, 4) is 0 Å². The monoisotopic (exact) mass is 385 g/mol. The maximum atomic E-state index is 11.1. The molecule has 28 heavy (non-hydrogen) atoms. The summed E-state index contributed by atoms with van der Waals surface area (Å²) in [5.74, 6) is -0.231. The second-order valence-corrected chi connectivity index (χ2v) is 6.99. The zero-order valence-corrected chi connectivity index (χ0v) is 16.3. The first-order valence-corrected chi connectivity index (χ1v) is 9.38. The number of likely N-dealkylation sites (tertiary alicyclic amines) is 1. The van der Waals surface area contributed by atoms with Crippen molar-refractivity contribution in [2.75, 3.05) is 45.5 Å². The highest BCUT2D eigenvalue weighted by molar-refractivity contribution is 5.87. The van der Waals surface area contributed by atoms with Crippen molar-refractivity contribution in [3.05, 3.63) is 59.8 Å². The summed E-state index contributed by atoms with van der Waals surface area (Å²) in [5.41, 5.74) is 1.38. The lowest BCUT2D eigenvalue weighted by Gasteiger charge is -2.33. The lowest BCUT2D eigenvalue weighted by Crippen LogP contribution is -2.36. The fraction of sp³-hybridized carbons (Fsp3) is 0.429. The molecule has 7 nitrogen and oxygen atoms in total. The third-order valence-electron chi connectivity index (χ3n) is 5.09. The number of benzene rings is 1. The number of aromatic nitrogens is 1. The third kappa shape index (κ3) is 5.07. The zero-order chi connectivity index (χ0) is 19.9. The number of hydrogen-bond donors (Lipinski definition) is 1. The molecule has 2 aromatic rings. The van der Waals surface area contributed by atoms with Gasteiger partial charge in [0.2, 0.25) is 0 Å². The predicted molar refractivity (Wildman–Crippen MR) is 107 cm³/mol. The number of ether oxygens (including phenoxy) is 2. The van der Waals surface area contributed by atoms with Crippen LogP contribution in [0.2, 0.25) is 0 Å². The van der Waals surface area contributed by atoms with Crippen LogP contribution in [-0.2, 0) is 9.47 Å². The van der Waals surface area contributed by atoms with Gasteiger partial charge < -0.3 is 19.5 Å². The van der Waals surface area contributed by atoms with Crippen LogP contribution in [0.1, 0.15) is 28.4 Å². The molecule has 0 bridgehead atoms. The van der Waals surface area contributed by atoms with Gasteiger partial charge in [0.05, 0.1) is 17.7 Å². The van der Waals surface area contributed by atoms with E-state index in [4.69, 9.17) is 14.6 Å². The van der Waals surface area contributed by atoms with Gasteiger partial charge in [-0.05, 0) is 24.1 Å². The van der Waals surface area contributed by atoms with E-state index in [1.807, 2.05) is 25.2 Å². The molecule has 0 radical (unpaired) electrons. The number of carboxylic acid groups (broad SMARTS) is 1. The summed E-state index contributed by atoms with van der Waals surface area (Å²) in [5, 5.41) is 9.10. The Labute approximate surface area is 165 Å². The number of methoxy groups -OCH3 is 1. The number of hydrogen-bond acceptors (Lipinski definition) is 6. The van der Waals surface area contributed by atoms with E-state index in [1.54, 1.807) is 19.2 Å². The van der Waals surface area contributed by atoms with Crippen LogP contribution in [-0.4, -0.2) is 67.6 Å². The van der Waals surface area contributed by atoms with Gasteiger partial charge >= 0.3 is 5.97 Å². The van der Waals surface area contributed by atoms with Crippen LogP contribution in [0.25, 0.3) is 0 Å². The Morgan fingerprint density at radius 1 is 1.32 bits per heavy atom. The van der Waals surface area contributed by atoms with Gasteiger partial charge in [0.1, 0.15) is 12.6 Å². The first-order chi connectivity index (χ1) is 13.6. The average molecular weight is 385 g/mol. The standard InChI is InChI=1S/C21H27N3O4/c1-23(20-9-8-17(12-22-20)21(25)26)19(16-6-4-3-5-7-16)14-24-11-10-18(13-24)28-15-27-2/h3-9,12,18-19H,10-11,13-15H2,1-2H3,(H,25,26). The Bertz CT molecular complexity index is 754. The Hall–Kier alpha value is -2.48. The minimum Gasteiger partial charge on any atom is -0.478 e. The zero-order valence-electron chi connectivity index (χ0n) is 16.3. The van der Waals surface area contributed by atoms with E-state index < -0.39 is 5.97 Å². The van der Waals surface area contributed by atoms with Gasteiger partial charge in [0.15, 0.2) is 0 Å². The SMILES string of the molecule is COCOC1CCN(CC(c2ccccc2)N(C)c2ccc(C(=O)O)cn2)C1. The Morgan fingerprint density at radius 2 is 2.11 bits per heavy atom. The van der Waals surface area contributed by atoms with E-state index in [0.717, 1.165) is 31.9 Å². The number of carboxylic acids is 1. The molecule has 1 fully saturated rings. The van der Waals surface area contributed by atoms with Crippen molar-refractivity contribution < 1.29 is 19.4 Å². The molecule has 2 unspecified atom stereocenters. The number of nitrogens with zero attached hydrogens (tertiary/aromatic N) is 3. The lowest BCUT2D eigenvalue weighted by molar-refractivity contribution is -0.0671. The van der Waals surface area contributed by atoms with Crippen molar-refractivity contribution in [2.45, 2.75) is 18.6 Å².